The first-order valence-electron chi connectivity index (χ1n) is 6.06. The largest absolute Gasteiger partial charge is 0.497 e. The molecular formula is C14H16N2O3S2. The second-order valence-electron chi connectivity index (χ2n) is 4.47. The second kappa shape index (κ2) is 5.97. The summed E-state index contributed by atoms with van der Waals surface area (Å²) < 4.78 is 28.4. The third-order valence-electron chi connectivity index (χ3n) is 2.91. The Morgan fingerprint density at radius 3 is 2.52 bits per heavy atom. The minimum atomic E-state index is -3.80. The SMILES string of the molecule is COc1cccc(Sc2cc(N)cc(S(N)(=O)=O)c2C)c1. The molecule has 5 nitrogen and oxygen atoms in total. The molecule has 0 bridgehead atoms. The first-order chi connectivity index (χ1) is 9.81. The standard InChI is InChI=1S/C14H16N2O3S2/c1-9-13(6-10(15)7-14(9)21(16,17)18)20-12-5-3-4-11(8-12)19-2/h3-8H,15H2,1-2H3,(H2,16,17,18). The van der Waals surface area contributed by atoms with Crippen molar-refractivity contribution in [3.63, 3.8) is 0 Å². The molecule has 2 aromatic rings. The van der Waals surface area contributed by atoms with E-state index in [1.165, 1.54) is 17.8 Å². The Bertz CT molecular complexity index is 774. The predicted molar refractivity (Wildman–Crippen MR) is 84.1 cm³/mol. The number of anilines is 1. The van der Waals surface area contributed by atoms with E-state index in [1.54, 1.807) is 20.1 Å². The van der Waals surface area contributed by atoms with Crippen LogP contribution in [0.3, 0.4) is 0 Å². The molecule has 2 rings (SSSR count). The summed E-state index contributed by atoms with van der Waals surface area (Å²) in [5.41, 5.74) is 6.72. The average Bonchev–Trinajstić information content (AvgIpc) is 2.41. The van der Waals surface area contributed by atoms with Crippen molar-refractivity contribution >= 4 is 27.5 Å². The molecule has 0 unspecified atom stereocenters. The monoisotopic (exact) mass is 324 g/mol. The zero-order valence-electron chi connectivity index (χ0n) is 11.7. The highest BCUT2D eigenvalue weighted by Crippen LogP contribution is 2.35. The van der Waals surface area contributed by atoms with Crippen LogP contribution in [0.5, 0.6) is 5.75 Å². The molecule has 0 aromatic heterocycles. The van der Waals surface area contributed by atoms with Crippen molar-refractivity contribution in [1.82, 2.24) is 0 Å². The van der Waals surface area contributed by atoms with Crippen LogP contribution in [0.4, 0.5) is 5.69 Å². The van der Waals surface area contributed by atoms with Gasteiger partial charge in [-0.1, -0.05) is 17.8 Å². The van der Waals surface area contributed by atoms with Crippen molar-refractivity contribution in [1.29, 1.82) is 0 Å². The first kappa shape index (κ1) is 15.7. The summed E-state index contributed by atoms with van der Waals surface area (Å²) in [5.74, 6) is 0.730. The normalized spacial score (nSPS) is 11.4. The van der Waals surface area contributed by atoms with E-state index in [1.807, 2.05) is 24.3 Å². The highest BCUT2D eigenvalue weighted by Gasteiger charge is 2.16. The summed E-state index contributed by atoms with van der Waals surface area (Å²) >= 11 is 1.41. The fourth-order valence-electron chi connectivity index (χ4n) is 1.88. The van der Waals surface area contributed by atoms with Crippen LogP contribution >= 0.6 is 11.8 Å². The number of methoxy groups -OCH3 is 1. The van der Waals surface area contributed by atoms with Crippen LogP contribution in [-0.2, 0) is 10.0 Å². The van der Waals surface area contributed by atoms with E-state index in [2.05, 4.69) is 0 Å². The van der Waals surface area contributed by atoms with Crippen LogP contribution in [-0.4, -0.2) is 15.5 Å². The van der Waals surface area contributed by atoms with Crippen LogP contribution in [0, 0.1) is 6.92 Å². The maximum atomic E-state index is 11.6. The molecule has 0 aliphatic carbocycles. The molecule has 7 heteroatoms. The van der Waals surface area contributed by atoms with Gasteiger partial charge in [0.05, 0.1) is 12.0 Å². The molecule has 4 N–H and O–H groups in total. The van der Waals surface area contributed by atoms with E-state index in [0.29, 0.717) is 11.3 Å². The molecular weight excluding hydrogens is 308 g/mol. The number of primary sulfonamides is 1. The van der Waals surface area contributed by atoms with E-state index >= 15 is 0 Å². The average molecular weight is 324 g/mol. The van der Waals surface area contributed by atoms with Gasteiger partial charge in [0, 0.05) is 15.5 Å². The Kier molecular flexibility index (Phi) is 4.46. The number of nitrogens with two attached hydrogens (primary N) is 2. The zero-order chi connectivity index (χ0) is 15.6. The van der Waals surface area contributed by atoms with Gasteiger partial charge in [0.2, 0.25) is 10.0 Å². The van der Waals surface area contributed by atoms with Crippen LogP contribution < -0.4 is 15.6 Å². The number of benzene rings is 2. The van der Waals surface area contributed by atoms with Gasteiger partial charge in [0.15, 0.2) is 0 Å². The maximum absolute atomic E-state index is 11.6. The Labute approximate surface area is 128 Å². The molecule has 0 atom stereocenters. The number of rotatable bonds is 4. The minimum Gasteiger partial charge on any atom is -0.497 e. The number of hydrogen-bond acceptors (Lipinski definition) is 5. The topological polar surface area (TPSA) is 95.4 Å². The van der Waals surface area contributed by atoms with Gasteiger partial charge in [-0.15, -0.1) is 0 Å². The van der Waals surface area contributed by atoms with Gasteiger partial charge >= 0.3 is 0 Å². The van der Waals surface area contributed by atoms with Crippen LogP contribution in [0.25, 0.3) is 0 Å². The van der Waals surface area contributed by atoms with Crippen LogP contribution in [0.1, 0.15) is 5.56 Å². The number of ether oxygens (including phenoxy) is 1. The highest BCUT2D eigenvalue weighted by atomic mass is 32.2. The lowest BCUT2D eigenvalue weighted by Crippen LogP contribution is -2.14. The summed E-state index contributed by atoms with van der Waals surface area (Å²) in [6.07, 6.45) is 0. The molecule has 2 aromatic carbocycles. The Balaban J connectivity index is 2.47. The summed E-state index contributed by atoms with van der Waals surface area (Å²) in [7, 11) is -2.21. The first-order valence-corrected chi connectivity index (χ1v) is 8.42. The van der Waals surface area contributed by atoms with Crippen LogP contribution in [0.15, 0.2) is 51.1 Å². The molecule has 112 valence electrons. The van der Waals surface area contributed by atoms with Crippen molar-refractivity contribution in [3.05, 3.63) is 42.0 Å². The lowest BCUT2D eigenvalue weighted by atomic mass is 10.2. The molecule has 0 heterocycles. The molecule has 0 amide bonds. The van der Waals surface area contributed by atoms with Crippen molar-refractivity contribution in [3.8, 4) is 5.75 Å². The lowest BCUT2D eigenvalue weighted by molar-refractivity contribution is 0.413. The molecule has 0 saturated carbocycles. The van der Waals surface area contributed by atoms with Crippen molar-refractivity contribution < 1.29 is 13.2 Å². The lowest BCUT2D eigenvalue weighted by Gasteiger charge is -2.11. The van der Waals surface area contributed by atoms with Crippen molar-refractivity contribution in [2.75, 3.05) is 12.8 Å². The summed E-state index contributed by atoms with van der Waals surface area (Å²) in [6, 6.07) is 10.6. The molecule has 0 radical (unpaired) electrons. The van der Waals surface area contributed by atoms with Gasteiger partial charge in [-0.3, -0.25) is 0 Å². The Morgan fingerprint density at radius 1 is 1.19 bits per heavy atom. The highest BCUT2D eigenvalue weighted by molar-refractivity contribution is 7.99. The fraction of sp³-hybridized carbons (Fsp3) is 0.143. The Morgan fingerprint density at radius 2 is 1.90 bits per heavy atom. The van der Waals surface area contributed by atoms with Gasteiger partial charge in [-0.05, 0) is 42.8 Å². The molecule has 0 saturated heterocycles. The third kappa shape index (κ3) is 3.69. The van der Waals surface area contributed by atoms with E-state index in [0.717, 1.165) is 15.5 Å². The summed E-state index contributed by atoms with van der Waals surface area (Å²) in [5, 5.41) is 5.22. The quantitative estimate of drug-likeness (QED) is 0.842. The molecule has 0 spiro atoms. The molecule has 21 heavy (non-hydrogen) atoms. The fourth-order valence-corrected chi connectivity index (χ4v) is 3.81. The van der Waals surface area contributed by atoms with Crippen molar-refractivity contribution in [2.45, 2.75) is 21.6 Å². The predicted octanol–water partition coefficient (Wildman–Crippen LogP) is 2.38. The number of nitrogen functional groups attached to an aromatic ring is 1. The van der Waals surface area contributed by atoms with Crippen molar-refractivity contribution in [2.24, 2.45) is 5.14 Å². The van der Waals surface area contributed by atoms with Gasteiger partial charge in [-0.25, -0.2) is 13.6 Å². The smallest absolute Gasteiger partial charge is 0.238 e. The summed E-state index contributed by atoms with van der Waals surface area (Å²) in [6.45, 7) is 1.71. The van der Waals surface area contributed by atoms with E-state index in [9.17, 15) is 8.42 Å². The summed E-state index contributed by atoms with van der Waals surface area (Å²) in [4.78, 5) is 1.71. The van der Waals surface area contributed by atoms with Gasteiger partial charge in [0.25, 0.3) is 0 Å². The van der Waals surface area contributed by atoms with E-state index in [4.69, 9.17) is 15.6 Å². The number of hydrogen-bond donors (Lipinski definition) is 2. The zero-order valence-corrected chi connectivity index (χ0v) is 13.3. The molecule has 0 aliphatic rings. The minimum absolute atomic E-state index is 0.0490. The maximum Gasteiger partial charge on any atom is 0.238 e. The number of sulfonamides is 1. The molecule has 0 fully saturated rings. The Hall–Kier alpha value is -1.70. The third-order valence-corrected chi connectivity index (χ3v) is 5.08. The van der Waals surface area contributed by atoms with Gasteiger partial charge < -0.3 is 10.5 Å². The second-order valence-corrected chi connectivity index (χ2v) is 7.11. The van der Waals surface area contributed by atoms with E-state index < -0.39 is 10.0 Å². The molecule has 0 aliphatic heterocycles. The van der Waals surface area contributed by atoms with Gasteiger partial charge in [0.1, 0.15) is 5.75 Å². The van der Waals surface area contributed by atoms with Crippen LogP contribution in [0.2, 0.25) is 0 Å². The van der Waals surface area contributed by atoms with E-state index in [-0.39, 0.29) is 4.90 Å². The van der Waals surface area contributed by atoms with Gasteiger partial charge in [-0.2, -0.15) is 0 Å².